The Kier molecular flexibility index (Phi) is 8.79. The molecule has 5 rings (SSSR count). The summed E-state index contributed by atoms with van der Waals surface area (Å²) in [5.74, 6) is -0.387. The van der Waals surface area contributed by atoms with Gasteiger partial charge in [-0.3, -0.25) is 9.10 Å². The van der Waals surface area contributed by atoms with Crippen molar-refractivity contribution in [1.29, 1.82) is 0 Å². The number of hydrogen-bond acceptors (Lipinski definition) is 6. The van der Waals surface area contributed by atoms with Crippen LogP contribution in [0.2, 0.25) is 0 Å². The average molecular weight is 641 g/mol. The van der Waals surface area contributed by atoms with Gasteiger partial charge in [-0.25, -0.2) is 13.4 Å². The summed E-state index contributed by atoms with van der Waals surface area (Å²) in [7, 11) is -2.00. The van der Waals surface area contributed by atoms with Crippen LogP contribution in [0.25, 0.3) is 10.9 Å². The smallest absolute Gasteiger partial charge is 0.251 e. The predicted molar refractivity (Wildman–Crippen MR) is 165 cm³/mol. The van der Waals surface area contributed by atoms with Gasteiger partial charge in [0.25, 0.3) is 5.91 Å². The van der Waals surface area contributed by atoms with Crippen LogP contribution in [-0.2, 0) is 36.0 Å². The number of pyridine rings is 1. The highest BCUT2D eigenvalue weighted by atomic mass is 79.9. The van der Waals surface area contributed by atoms with E-state index in [1.54, 1.807) is 6.07 Å². The van der Waals surface area contributed by atoms with E-state index in [0.29, 0.717) is 30.8 Å². The lowest BCUT2D eigenvalue weighted by Crippen LogP contribution is -2.48. The van der Waals surface area contributed by atoms with Crippen molar-refractivity contribution in [1.82, 2.24) is 20.2 Å². The number of nitrogens with one attached hydrogen (secondary N) is 2. The number of amides is 1. The van der Waals surface area contributed by atoms with Gasteiger partial charge in [-0.2, -0.15) is 0 Å². The van der Waals surface area contributed by atoms with Crippen molar-refractivity contribution in [2.75, 3.05) is 23.7 Å². The van der Waals surface area contributed by atoms with Gasteiger partial charge in [0.2, 0.25) is 10.0 Å². The van der Waals surface area contributed by atoms with Crippen LogP contribution in [-0.4, -0.2) is 60.5 Å². The number of aromatic nitrogens is 2. The molecular formula is C30H34BrN5O4S. The number of carbonyl (C=O) groups is 1. The fourth-order valence-corrected chi connectivity index (χ4v) is 6.78. The van der Waals surface area contributed by atoms with Crippen molar-refractivity contribution in [3.8, 4) is 0 Å². The first-order chi connectivity index (χ1) is 19.7. The quantitative estimate of drug-likeness (QED) is 0.228. The molecule has 0 fully saturated rings. The largest absolute Gasteiger partial charge is 0.390 e. The van der Waals surface area contributed by atoms with E-state index in [4.69, 9.17) is 0 Å². The number of anilines is 1. The van der Waals surface area contributed by atoms with Gasteiger partial charge >= 0.3 is 0 Å². The third-order valence-corrected chi connectivity index (χ3v) is 9.71. The number of aliphatic hydroxyl groups is 1. The van der Waals surface area contributed by atoms with Crippen LogP contribution in [0.4, 0.5) is 5.69 Å². The van der Waals surface area contributed by atoms with Crippen LogP contribution in [0.15, 0.2) is 71.5 Å². The molecule has 9 nitrogen and oxygen atoms in total. The molecule has 216 valence electrons. The Hall–Kier alpha value is -3.25. The lowest BCUT2D eigenvalue weighted by molar-refractivity contribution is 0.0830. The highest BCUT2D eigenvalue weighted by Gasteiger charge is 2.29. The number of halogens is 1. The normalized spacial score (nSPS) is 15.9. The molecule has 0 bridgehead atoms. The molecule has 2 aromatic carbocycles. The summed E-state index contributed by atoms with van der Waals surface area (Å²) in [5.41, 5.74) is 4.49. The molecule has 0 saturated heterocycles. The molecular weight excluding hydrogens is 606 g/mol. The molecule has 1 aliphatic rings. The van der Waals surface area contributed by atoms with Crippen molar-refractivity contribution >= 4 is 48.5 Å². The number of sulfonamides is 1. The summed E-state index contributed by atoms with van der Waals surface area (Å²) in [5, 5.41) is 18.4. The van der Waals surface area contributed by atoms with Gasteiger partial charge in [0.1, 0.15) is 4.60 Å². The standard InChI is InChI=1S/C30H34BrN5O4S/c1-3-21-19-36-12-13-41(39,40)35(2)26-16-22(15-24(21)29(26)36)30(38)34-25(14-20-8-5-4-6-9-20)27(37)18-32-17-23-10-7-11-28(31)33-23/h4-11,15-16,19,25,27,32,37H,3,12-14,17-18H2,1-2H3,(H,34,38)/t25-,27+/m0/s1. The van der Waals surface area contributed by atoms with E-state index in [2.05, 4.69) is 31.5 Å². The minimum absolute atomic E-state index is 0.0135. The zero-order valence-electron chi connectivity index (χ0n) is 23.0. The molecule has 0 unspecified atom stereocenters. The van der Waals surface area contributed by atoms with E-state index in [1.807, 2.05) is 72.3 Å². The lowest BCUT2D eigenvalue weighted by Gasteiger charge is -2.25. The van der Waals surface area contributed by atoms with E-state index < -0.39 is 22.2 Å². The molecule has 2 atom stereocenters. The van der Waals surface area contributed by atoms with Gasteiger partial charge in [-0.15, -0.1) is 0 Å². The SMILES string of the molecule is CCc1cn2c3c(cc(C(=O)N[C@@H](Cc4ccccc4)[C@H](O)CNCc4cccc(Br)n4)cc13)N(C)S(=O)(=O)CC2. The first-order valence-corrected chi connectivity index (χ1v) is 16.0. The molecule has 0 saturated carbocycles. The Labute approximate surface area is 248 Å². The Bertz CT molecular complexity index is 1660. The predicted octanol–water partition coefficient (Wildman–Crippen LogP) is 3.63. The fraction of sp³-hybridized carbons (Fsp3) is 0.333. The minimum Gasteiger partial charge on any atom is -0.390 e. The van der Waals surface area contributed by atoms with Crippen molar-refractivity contribution in [2.45, 2.75) is 45.0 Å². The van der Waals surface area contributed by atoms with E-state index in [-0.39, 0.29) is 18.2 Å². The number of hydrogen-bond donors (Lipinski definition) is 3. The van der Waals surface area contributed by atoms with Gasteiger partial charge in [-0.05, 0) is 64.2 Å². The number of carbonyl (C=O) groups excluding carboxylic acids is 1. The van der Waals surface area contributed by atoms with Crippen LogP contribution in [0, 0.1) is 0 Å². The number of rotatable bonds is 10. The van der Waals surface area contributed by atoms with Crippen LogP contribution < -0.4 is 14.9 Å². The summed E-state index contributed by atoms with van der Waals surface area (Å²) in [6, 6.07) is 18.2. The summed E-state index contributed by atoms with van der Waals surface area (Å²) < 4.78 is 29.8. The van der Waals surface area contributed by atoms with Crippen molar-refractivity contribution in [3.05, 3.63) is 93.8 Å². The first-order valence-electron chi connectivity index (χ1n) is 13.6. The molecule has 2 aromatic heterocycles. The zero-order valence-corrected chi connectivity index (χ0v) is 25.5. The van der Waals surface area contributed by atoms with Crippen LogP contribution in [0.5, 0.6) is 0 Å². The second kappa shape index (κ2) is 12.3. The molecule has 1 amide bonds. The molecule has 0 radical (unpaired) electrons. The highest BCUT2D eigenvalue weighted by molar-refractivity contribution is 9.10. The minimum atomic E-state index is -3.53. The maximum absolute atomic E-state index is 13.7. The average Bonchev–Trinajstić information content (AvgIpc) is 3.29. The summed E-state index contributed by atoms with van der Waals surface area (Å²) in [6.45, 7) is 3.09. The van der Waals surface area contributed by atoms with Gasteiger partial charge in [0.05, 0.1) is 34.8 Å². The van der Waals surface area contributed by atoms with Crippen LogP contribution in [0.3, 0.4) is 0 Å². The Morgan fingerprint density at radius 2 is 1.93 bits per heavy atom. The lowest BCUT2D eigenvalue weighted by atomic mass is 9.99. The van der Waals surface area contributed by atoms with Gasteiger partial charge in [0, 0.05) is 43.8 Å². The molecule has 1 aliphatic heterocycles. The molecule has 0 aliphatic carbocycles. The maximum Gasteiger partial charge on any atom is 0.251 e. The Morgan fingerprint density at radius 3 is 2.66 bits per heavy atom. The number of aliphatic hydroxyl groups excluding tert-OH is 1. The Balaban J connectivity index is 1.42. The molecule has 0 spiro atoms. The van der Waals surface area contributed by atoms with E-state index in [1.165, 1.54) is 11.4 Å². The van der Waals surface area contributed by atoms with Crippen LogP contribution >= 0.6 is 15.9 Å². The maximum atomic E-state index is 13.7. The fourth-order valence-electron chi connectivity index (χ4n) is 5.26. The second-order valence-corrected chi connectivity index (χ2v) is 13.2. The molecule has 41 heavy (non-hydrogen) atoms. The third kappa shape index (κ3) is 6.48. The van der Waals surface area contributed by atoms with Crippen molar-refractivity contribution in [3.63, 3.8) is 0 Å². The third-order valence-electron chi connectivity index (χ3n) is 7.54. The van der Waals surface area contributed by atoms with Crippen molar-refractivity contribution in [2.24, 2.45) is 0 Å². The summed E-state index contributed by atoms with van der Waals surface area (Å²) >= 11 is 3.37. The molecule has 3 heterocycles. The monoisotopic (exact) mass is 639 g/mol. The Morgan fingerprint density at radius 1 is 1.15 bits per heavy atom. The van der Waals surface area contributed by atoms with Gasteiger partial charge < -0.3 is 20.3 Å². The number of nitrogens with zero attached hydrogens (tertiary/aromatic N) is 3. The highest BCUT2D eigenvalue weighted by Crippen LogP contribution is 2.35. The van der Waals surface area contributed by atoms with Crippen LogP contribution in [0.1, 0.15) is 34.1 Å². The van der Waals surface area contributed by atoms with E-state index >= 15 is 0 Å². The van der Waals surface area contributed by atoms with Gasteiger partial charge in [-0.1, -0.05) is 43.3 Å². The summed E-state index contributed by atoms with van der Waals surface area (Å²) in [4.78, 5) is 18.1. The number of aryl methyl sites for hydroxylation is 2. The molecule has 11 heteroatoms. The van der Waals surface area contributed by atoms with E-state index in [0.717, 1.165) is 38.7 Å². The second-order valence-electron chi connectivity index (χ2n) is 10.3. The van der Waals surface area contributed by atoms with Gasteiger partial charge in [0.15, 0.2) is 0 Å². The zero-order chi connectivity index (χ0) is 29.1. The summed E-state index contributed by atoms with van der Waals surface area (Å²) in [6.07, 6.45) is 2.26. The topological polar surface area (TPSA) is 117 Å². The molecule has 4 aromatic rings. The van der Waals surface area contributed by atoms with Crippen molar-refractivity contribution < 1.29 is 18.3 Å². The molecule has 3 N–H and O–H groups in total. The first kappa shape index (κ1) is 29.2. The number of benzene rings is 2. The van der Waals surface area contributed by atoms with E-state index in [9.17, 15) is 18.3 Å².